The molecule has 0 spiro atoms. The van der Waals surface area contributed by atoms with Crippen molar-refractivity contribution >= 4 is 56.9 Å². The van der Waals surface area contributed by atoms with Crippen molar-refractivity contribution in [2.45, 2.75) is 19.8 Å². The Morgan fingerprint density at radius 2 is 1.04 bits per heavy atom. The number of aromatic nitrogens is 4. The summed E-state index contributed by atoms with van der Waals surface area (Å²) < 4.78 is 56.7. The number of carbonyl (C=O) groups is 2. The normalized spacial score (nSPS) is 14.8. The lowest BCUT2D eigenvalue weighted by Crippen LogP contribution is -2.02. The van der Waals surface area contributed by atoms with Gasteiger partial charge in [0.05, 0.1) is 45.8 Å². The number of benzene rings is 3. The minimum absolute atomic E-state index is 0.108. The number of rotatable bonds is 3. The van der Waals surface area contributed by atoms with E-state index in [1.54, 1.807) is 30.3 Å². The van der Waals surface area contributed by atoms with Gasteiger partial charge in [-0.25, -0.2) is 27.5 Å². The average molecular weight is 705 g/mol. The molecule has 2 aromatic heterocycles. The number of hydrogen-bond acceptors (Lipinski definition) is 10. The van der Waals surface area contributed by atoms with Crippen LogP contribution in [0.2, 0.25) is 0 Å². The zero-order valence-electron chi connectivity index (χ0n) is 27.2. The largest absolute Gasteiger partial charge is 0.289 e. The average Bonchev–Trinajstić information content (AvgIpc) is 3.53. The topological polar surface area (TPSA) is 181 Å². The predicted octanol–water partition coefficient (Wildman–Crippen LogP) is 7.41. The molecule has 5 aromatic rings. The van der Waals surface area contributed by atoms with E-state index in [1.165, 1.54) is 24.5 Å². The van der Waals surface area contributed by atoms with Crippen LogP contribution in [0.15, 0.2) is 65.0 Å². The quantitative estimate of drug-likeness (QED) is 0.0794. The number of allylic oxidation sites excluding steroid dienone is 6. The second kappa shape index (κ2) is 12.6. The van der Waals surface area contributed by atoms with Crippen molar-refractivity contribution in [3.8, 4) is 24.3 Å². The SMILES string of the molecule is CC(C)c1c2ncc(/C=C3\C(=O)c4cc(F)c(F)cc4C3=C(C#N)C#N)nc2cc2ncc(/C=C3\C(=O)c4cc(F)c(F)cc4C3=C(C#N)C#N)nc12. The van der Waals surface area contributed by atoms with E-state index in [1.807, 2.05) is 13.8 Å². The molecular formula is C39H16F4N8O2. The van der Waals surface area contributed by atoms with E-state index in [0.717, 1.165) is 12.1 Å². The highest BCUT2D eigenvalue weighted by atomic mass is 19.2. The van der Waals surface area contributed by atoms with Crippen LogP contribution in [0.5, 0.6) is 0 Å². The van der Waals surface area contributed by atoms with E-state index < -0.39 is 46.0 Å². The molecule has 2 aliphatic carbocycles. The lowest BCUT2D eigenvalue weighted by Gasteiger charge is -2.13. The Balaban J connectivity index is 1.38. The smallest absolute Gasteiger partial charge is 0.194 e. The standard InChI is InChI=1S/C39H16F4N8O2/c1-16(2)33-36-32(50-19(15-49-36)3-25-34(17(10-44)11-45)21-5-27(40)29(42)7-23(21)38(25)52)9-31-37(33)51-20(14-48-31)4-26-35(18(12-46)13-47)22-6-28(41)30(43)8-24(22)39(26)53/h3-9,14-16H,1-2H3/b25-3-,26-4-. The highest BCUT2D eigenvalue weighted by Gasteiger charge is 2.36. The number of carbonyl (C=O) groups excluding carboxylic acids is 2. The Kier molecular flexibility index (Phi) is 8.02. The zero-order chi connectivity index (χ0) is 37.9. The molecule has 0 aliphatic heterocycles. The van der Waals surface area contributed by atoms with Crippen LogP contribution >= 0.6 is 0 Å². The van der Waals surface area contributed by atoms with Crippen molar-refractivity contribution < 1.29 is 27.2 Å². The summed E-state index contributed by atoms with van der Waals surface area (Å²) in [4.78, 5) is 45.2. The molecule has 0 fully saturated rings. The molecule has 0 unspecified atom stereocenters. The molecule has 0 radical (unpaired) electrons. The molecule has 53 heavy (non-hydrogen) atoms. The molecule has 7 rings (SSSR count). The van der Waals surface area contributed by atoms with Crippen LogP contribution in [-0.2, 0) is 0 Å². The summed E-state index contributed by atoms with van der Waals surface area (Å²) in [5.74, 6) is -6.81. The maximum atomic E-state index is 14.2. The second-order valence-corrected chi connectivity index (χ2v) is 12.1. The van der Waals surface area contributed by atoms with Gasteiger partial charge in [0.25, 0.3) is 0 Å². The van der Waals surface area contributed by atoms with Gasteiger partial charge in [-0.1, -0.05) is 13.8 Å². The van der Waals surface area contributed by atoms with Crippen LogP contribution in [0.1, 0.15) is 68.6 Å². The summed E-state index contributed by atoms with van der Waals surface area (Å²) in [6.45, 7) is 3.72. The molecule has 3 aromatic carbocycles. The van der Waals surface area contributed by atoms with Gasteiger partial charge in [0.15, 0.2) is 34.8 Å². The van der Waals surface area contributed by atoms with E-state index in [4.69, 9.17) is 4.98 Å². The van der Waals surface area contributed by atoms with Crippen LogP contribution in [0, 0.1) is 68.6 Å². The molecule has 0 N–H and O–H groups in total. The molecule has 2 aliphatic rings. The number of nitriles is 4. The Bertz CT molecular complexity index is 2860. The van der Waals surface area contributed by atoms with Crippen molar-refractivity contribution in [3.63, 3.8) is 0 Å². The van der Waals surface area contributed by atoms with Gasteiger partial charge < -0.3 is 0 Å². The molecule has 0 amide bonds. The molecule has 0 atom stereocenters. The Labute approximate surface area is 296 Å². The summed E-state index contributed by atoms with van der Waals surface area (Å²) in [7, 11) is 0. The summed E-state index contributed by atoms with van der Waals surface area (Å²) in [5, 5.41) is 38.5. The third-order valence-corrected chi connectivity index (χ3v) is 8.71. The number of ketones is 2. The van der Waals surface area contributed by atoms with Crippen molar-refractivity contribution in [1.82, 2.24) is 19.9 Å². The van der Waals surface area contributed by atoms with Crippen LogP contribution in [0.3, 0.4) is 0 Å². The zero-order valence-corrected chi connectivity index (χ0v) is 27.2. The van der Waals surface area contributed by atoms with Gasteiger partial charge >= 0.3 is 0 Å². The first-order chi connectivity index (χ1) is 25.4. The molecule has 0 bridgehead atoms. The van der Waals surface area contributed by atoms with Crippen LogP contribution < -0.4 is 0 Å². The summed E-state index contributed by atoms with van der Waals surface area (Å²) in [5.41, 5.74) is -0.126. The number of halogens is 4. The number of Topliss-reactive ketones (excluding diaryl/α,β-unsaturated/α-hetero) is 2. The molecular weight excluding hydrogens is 688 g/mol. The lowest BCUT2D eigenvalue weighted by molar-refractivity contribution is 0.103. The first-order valence-corrected chi connectivity index (χ1v) is 15.5. The van der Waals surface area contributed by atoms with Crippen molar-refractivity contribution in [1.29, 1.82) is 21.0 Å². The highest BCUT2D eigenvalue weighted by molar-refractivity contribution is 6.30. The Morgan fingerprint density at radius 3 is 1.49 bits per heavy atom. The summed E-state index contributed by atoms with van der Waals surface area (Å²) in [6, 6.07) is 11.3. The number of hydrogen-bond donors (Lipinski definition) is 0. The van der Waals surface area contributed by atoms with Gasteiger partial charge in [-0.15, -0.1) is 0 Å². The third kappa shape index (κ3) is 5.31. The monoisotopic (exact) mass is 704 g/mol. The van der Waals surface area contributed by atoms with E-state index >= 15 is 0 Å². The number of fused-ring (bicyclic) bond motifs is 4. The fourth-order valence-electron chi connectivity index (χ4n) is 6.44. The number of nitrogens with zero attached hydrogens (tertiary/aromatic N) is 8. The van der Waals surface area contributed by atoms with Gasteiger partial charge in [0.2, 0.25) is 0 Å². The van der Waals surface area contributed by atoms with Crippen LogP contribution in [-0.4, -0.2) is 31.5 Å². The summed E-state index contributed by atoms with van der Waals surface area (Å²) >= 11 is 0. The van der Waals surface area contributed by atoms with Gasteiger partial charge in [0, 0.05) is 39.0 Å². The summed E-state index contributed by atoms with van der Waals surface area (Å²) in [6.07, 6.45) is 5.19. The molecule has 2 heterocycles. The van der Waals surface area contributed by atoms with E-state index in [-0.39, 0.29) is 61.9 Å². The molecule has 252 valence electrons. The fraction of sp³-hybridized carbons (Fsp3) is 0.0769. The molecule has 14 heteroatoms. The van der Waals surface area contributed by atoms with E-state index in [9.17, 15) is 48.2 Å². The minimum atomic E-state index is -1.27. The highest BCUT2D eigenvalue weighted by Crippen LogP contribution is 2.42. The Hall–Kier alpha value is -7.68. The third-order valence-electron chi connectivity index (χ3n) is 8.71. The molecule has 0 saturated heterocycles. The van der Waals surface area contributed by atoms with Gasteiger partial charge in [-0.2, -0.15) is 21.0 Å². The van der Waals surface area contributed by atoms with E-state index in [0.29, 0.717) is 39.8 Å². The van der Waals surface area contributed by atoms with Gasteiger partial charge in [-0.3, -0.25) is 19.6 Å². The molecule has 10 nitrogen and oxygen atoms in total. The fourth-order valence-corrected chi connectivity index (χ4v) is 6.44. The molecule has 0 saturated carbocycles. The van der Waals surface area contributed by atoms with Crippen molar-refractivity contribution in [3.05, 3.63) is 127 Å². The predicted molar refractivity (Wildman–Crippen MR) is 180 cm³/mol. The van der Waals surface area contributed by atoms with E-state index in [2.05, 4.69) is 15.0 Å². The lowest BCUT2D eigenvalue weighted by atomic mass is 9.97. The van der Waals surface area contributed by atoms with Crippen molar-refractivity contribution in [2.75, 3.05) is 0 Å². The maximum Gasteiger partial charge on any atom is 0.194 e. The maximum absolute atomic E-state index is 14.2. The Morgan fingerprint density at radius 1 is 0.604 bits per heavy atom. The second-order valence-electron chi connectivity index (χ2n) is 12.1. The van der Waals surface area contributed by atoms with Gasteiger partial charge in [0.1, 0.15) is 35.4 Å². The van der Waals surface area contributed by atoms with Crippen LogP contribution in [0.25, 0.3) is 45.4 Å². The van der Waals surface area contributed by atoms with Crippen LogP contribution in [0.4, 0.5) is 17.6 Å². The van der Waals surface area contributed by atoms with Crippen molar-refractivity contribution in [2.24, 2.45) is 0 Å². The van der Waals surface area contributed by atoms with Gasteiger partial charge in [-0.05, 0) is 59.5 Å². The first kappa shape index (κ1) is 33.8. The first-order valence-electron chi connectivity index (χ1n) is 15.5. The minimum Gasteiger partial charge on any atom is -0.289 e.